The maximum Gasteiger partial charge on any atom is 0.191 e. The average molecular weight is 329 g/mol. The molecular formula is C16H32N4OS. The molecule has 0 amide bonds. The van der Waals surface area contributed by atoms with Crippen molar-refractivity contribution in [1.82, 2.24) is 15.5 Å². The van der Waals surface area contributed by atoms with Crippen LogP contribution in [0.3, 0.4) is 0 Å². The minimum atomic E-state index is 0.575. The molecule has 0 saturated carbocycles. The third-order valence-corrected chi connectivity index (χ3v) is 5.81. The Bertz CT molecular complexity index is 334. The summed E-state index contributed by atoms with van der Waals surface area (Å²) in [6.45, 7) is 8.00. The monoisotopic (exact) mass is 328 g/mol. The highest BCUT2D eigenvalue weighted by Crippen LogP contribution is 2.25. The Hall–Kier alpha value is -0.460. The summed E-state index contributed by atoms with van der Waals surface area (Å²) in [5.74, 6) is 2.30. The van der Waals surface area contributed by atoms with E-state index in [1.807, 2.05) is 0 Å². The van der Waals surface area contributed by atoms with E-state index < -0.39 is 0 Å². The molecule has 2 unspecified atom stereocenters. The van der Waals surface area contributed by atoms with Gasteiger partial charge in [-0.05, 0) is 44.9 Å². The Morgan fingerprint density at radius 1 is 1.32 bits per heavy atom. The van der Waals surface area contributed by atoms with Gasteiger partial charge in [0.25, 0.3) is 0 Å². The summed E-state index contributed by atoms with van der Waals surface area (Å²) in [5, 5.41) is 7.65. The molecule has 2 saturated heterocycles. The fourth-order valence-electron chi connectivity index (χ4n) is 3.16. The van der Waals surface area contributed by atoms with E-state index in [0.717, 1.165) is 44.0 Å². The van der Waals surface area contributed by atoms with Crippen LogP contribution in [0.15, 0.2) is 4.99 Å². The molecule has 0 aromatic rings. The van der Waals surface area contributed by atoms with Gasteiger partial charge >= 0.3 is 0 Å². The smallest absolute Gasteiger partial charge is 0.191 e. The maximum absolute atomic E-state index is 5.21. The number of likely N-dealkylation sites (tertiary alicyclic amines) is 1. The van der Waals surface area contributed by atoms with Gasteiger partial charge in [0.15, 0.2) is 5.96 Å². The standard InChI is InChI=1S/C16H32N4OS/c1-3-17-16(19-13-15-7-5-11-22-15)18-12-14-6-4-8-20(14)9-10-21-2/h14-15H,3-13H2,1-2H3,(H2,17,18,19). The van der Waals surface area contributed by atoms with Crippen molar-refractivity contribution in [3.63, 3.8) is 0 Å². The lowest BCUT2D eigenvalue weighted by molar-refractivity contribution is 0.142. The Morgan fingerprint density at radius 3 is 2.95 bits per heavy atom. The largest absolute Gasteiger partial charge is 0.383 e. The molecule has 2 N–H and O–H groups in total. The van der Waals surface area contributed by atoms with E-state index in [2.05, 4.69) is 34.2 Å². The number of hydrogen-bond donors (Lipinski definition) is 2. The van der Waals surface area contributed by atoms with Crippen molar-refractivity contribution in [2.24, 2.45) is 4.99 Å². The summed E-state index contributed by atoms with van der Waals surface area (Å²) in [5.41, 5.74) is 0. The van der Waals surface area contributed by atoms with Crippen molar-refractivity contribution in [2.75, 3.05) is 52.2 Å². The predicted molar refractivity (Wildman–Crippen MR) is 95.9 cm³/mol. The highest BCUT2D eigenvalue weighted by Gasteiger charge is 2.23. The SMILES string of the molecule is CCNC(=NCC1CCCN1CCOC)NCC1CCCS1. The summed E-state index contributed by atoms with van der Waals surface area (Å²) in [6.07, 6.45) is 5.24. The van der Waals surface area contributed by atoms with Crippen LogP contribution in [-0.4, -0.2) is 74.3 Å². The molecule has 0 bridgehead atoms. The van der Waals surface area contributed by atoms with E-state index in [1.165, 1.54) is 38.0 Å². The first-order valence-corrected chi connectivity index (χ1v) is 9.75. The zero-order chi connectivity index (χ0) is 15.6. The van der Waals surface area contributed by atoms with Gasteiger partial charge in [-0.25, -0.2) is 0 Å². The fourth-order valence-corrected chi connectivity index (χ4v) is 4.36. The Labute approximate surface area is 139 Å². The summed E-state index contributed by atoms with van der Waals surface area (Å²) < 4.78 is 5.21. The summed E-state index contributed by atoms with van der Waals surface area (Å²) in [4.78, 5) is 7.33. The number of rotatable bonds is 8. The van der Waals surface area contributed by atoms with Crippen LogP contribution in [0.1, 0.15) is 32.6 Å². The second-order valence-corrected chi connectivity index (χ2v) is 7.47. The Morgan fingerprint density at radius 2 is 2.23 bits per heavy atom. The van der Waals surface area contributed by atoms with Crippen LogP contribution in [0.4, 0.5) is 0 Å². The molecule has 2 rings (SSSR count). The molecule has 0 aromatic heterocycles. The maximum atomic E-state index is 5.21. The second kappa shape index (κ2) is 10.3. The van der Waals surface area contributed by atoms with Crippen LogP contribution in [0.25, 0.3) is 0 Å². The van der Waals surface area contributed by atoms with Crippen LogP contribution in [-0.2, 0) is 4.74 Å². The van der Waals surface area contributed by atoms with Crippen LogP contribution in [0.5, 0.6) is 0 Å². The van der Waals surface area contributed by atoms with E-state index in [9.17, 15) is 0 Å². The predicted octanol–water partition coefficient (Wildman–Crippen LogP) is 1.55. The topological polar surface area (TPSA) is 48.9 Å². The molecule has 2 atom stereocenters. The van der Waals surface area contributed by atoms with Gasteiger partial charge in [-0.2, -0.15) is 11.8 Å². The van der Waals surface area contributed by atoms with Crippen LogP contribution in [0.2, 0.25) is 0 Å². The number of aliphatic imine (C=N–C) groups is 1. The van der Waals surface area contributed by atoms with Gasteiger partial charge in [-0.15, -0.1) is 0 Å². The van der Waals surface area contributed by atoms with Crippen molar-refractivity contribution < 1.29 is 4.74 Å². The lowest BCUT2D eigenvalue weighted by Gasteiger charge is -2.23. The molecule has 6 heteroatoms. The molecule has 128 valence electrons. The van der Waals surface area contributed by atoms with Crippen molar-refractivity contribution in [3.8, 4) is 0 Å². The van der Waals surface area contributed by atoms with Crippen LogP contribution < -0.4 is 10.6 Å². The summed E-state index contributed by atoms with van der Waals surface area (Å²) >= 11 is 2.09. The molecule has 2 heterocycles. The zero-order valence-electron chi connectivity index (χ0n) is 14.1. The van der Waals surface area contributed by atoms with E-state index in [4.69, 9.17) is 9.73 Å². The van der Waals surface area contributed by atoms with Gasteiger partial charge in [0, 0.05) is 38.0 Å². The first kappa shape index (κ1) is 17.9. The Kier molecular flexibility index (Phi) is 8.41. The van der Waals surface area contributed by atoms with Crippen molar-refractivity contribution in [3.05, 3.63) is 0 Å². The number of hydrogen-bond acceptors (Lipinski definition) is 4. The highest BCUT2D eigenvalue weighted by atomic mass is 32.2. The number of nitrogens with one attached hydrogen (secondary N) is 2. The first-order chi connectivity index (χ1) is 10.8. The van der Waals surface area contributed by atoms with E-state index in [1.54, 1.807) is 7.11 Å². The number of ether oxygens (including phenoxy) is 1. The molecule has 0 spiro atoms. The molecule has 0 aliphatic carbocycles. The molecule has 2 fully saturated rings. The van der Waals surface area contributed by atoms with Crippen LogP contribution in [0, 0.1) is 0 Å². The quantitative estimate of drug-likeness (QED) is 0.523. The van der Waals surface area contributed by atoms with E-state index >= 15 is 0 Å². The van der Waals surface area contributed by atoms with Gasteiger partial charge in [0.2, 0.25) is 0 Å². The molecule has 2 aliphatic heterocycles. The van der Waals surface area contributed by atoms with E-state index in [-0.39, 0.29) is 0 Å². The lowest BCUT2D eigenvalue weighted by atomic mass is 10.2. The molecular weight excluding hydrogens is 296 g/mol. The fraction of sp³-hybridized carbons (Fsp3) is 0.938. The third-order valence-electron chi connectivity index (χ3n) is 4.41. The highest BCUT2D eigenvalue weighted by molar-refractivity contribution is 8.00. The van der Waals surface area contributed by atoms with Gasteiger partial charge in [-0.1, -0.05) is 0 Å². The summed E-state index contributed by atoms with van der Waals surface area (Å²) in [7, 11) is 1.78. The van der Waals surface area contributed by atoms with Gasteiger partial charge < -0.3 is 15.4 Å². The molecule has 2 aliphatic rings. The molecule has 22 heavy (non-hydrogen) atoms. The average Bonchev–Trinajstić information content (AvgIpc) is 3.19. The van der Waals surface area contributed by atoms with Gasteiger partial charge in [0.05, 0.1) is 13.2 Å². The number of nitrogens with zero attached hydrogens (tertiary/aromatic N) is 2. The van der Waals surface area contributed by atoms with E-state index in [0.29, 0.717) is 6.04 Å². The molecule has 0 aromatic carbocycles. The van der Waals surface area contributed by atoms with Crippen LogP contribution >= 0.6 is 11.8 Å². The minimum Gasteiger partial charge on any atom is -0.383 e. The summed E-state index contributed by atoms with van der Waals surface area (Å²) in [6, 6.07) is 0.575. The zero-order valence-corrected chi connectivity index (χ0v) is 15.0. The molecule has 0 radical (unpaired) electrons. The lowest BCUT2D eigenvalue weighted by Crippen LogP contribution is -2.41. The number of thioether (sulfide) groups is 1. The first-order valence-electron chi connectivity index (χ1n) is 8.70. The van der Waals surface area contributed by atoms with Gasteiger partial charge in [-0.3, -0.25) is 9.89 Å². The third kappa shape index (κ3) is 5.97. The van der Waals surface area contributed by atoms with Crippen molar-refractivity contribution in [2.45, 2.75) is 43.9 Å². The van der Waals surface area contributed by atoms with Crippen molar-refractivity contribution >= 4 is 17.7 Å². The normalized spacial score (nSPS) is 26.5. The van der Waals surface area contributed by atoms with Gasteiger partial charge in [0.1, 0.15) is 0 Å². The molecule has 5 nitrogen and oxygen atoms in total. The number of methoxy groups -OCH3 is 1. The second-order valence-electron chi connectivity index (χ2n) is 6.06. The minimum absolute atomic E-state index is 0.575. The van der Waals surface area contributed by atoms with Crippen molar-refractivity contribution in [1.29, 1.82) is 0 Å². The Balaban J connectivity index is 1.77. The number of guanidine groups is 1.